The number of imide groups is 1. The zero-order valence-corrected chi connectivity index (χ0v) is 14.3. The van der Waals surface area contributed by atoms with E-state index < -0.39 is 0 Å². The molecule has 0 aliphatic carbocycles. The molecule has 22 heavy (non-hydrogen) atoms. The highest BCUT2D eigenvalue weighted by atomic mass is 16.5. The van der Waals surface area contributed by atoms with E-state index in [2.05, 4.69) is 6.92 Å². The van der Waals surface area contributed by atoms with Crippen LogP contribution < -0.4 is 0 Å². The molecule has 1 saturated heterocycles. The van der Waals surface area contributed by atoms with Gasteiger partial charge in [0.15, 0.2) is 0 Å². The van der Waals surface area contributed by atoms with Crippen LogP contribution in [0, 0.1) is 0 Å². The first-order valence-electron chi connectivity index (χ1n) is 9.16. The lowest BCUT2D eigenvalue weighted by molar-refractivity contribution is -0.158. The summed E-state index contributed by atoms with van der Waals surface area (Å²) in [5.74, 6) is -0.362. The first-order chi connectivity index (χ1) is 10.8. The first kappa shape index (κ1) is 19.1. The molecule has 0 saturated carbocycles. The molecular formula is C18H33NO3. The van der Waals surface area contributed by atoms with Crippen LogP contribution in [0.1, 0.15) is 84.0 Å². The van der Waals surface area contributed by atoms with Crippen molar-refractivity contribution >= 4 is 11.8 Å². The Hall–Kier alpha value is -0.900. The van der Waals surface area contributed by atoms with E-state index in [-0.39, 0.29) is 25.0 Å². The van der Waals surface area contributed by atoms with Crippen molar-refractivity contribution in [2.45, 2.75) is 84.0 Å². The normalized spacial score (nSPS) is 15.6. The lowest BCUT2D eigenvalue weighted by Crippen LogP contribution is -2.46. The Morgan fingerprint density at radius 3 is 1.59 bits per heavy atom. The van der Waals surface area contributed by atoms with Crippen LogP contribution in [0.3, 0.4) is 0 Å². The molecular weight excluding hydrogens is 278 g/mol. The Balaban J connectivity index is 1.85. The molecule has 0 radical (unpaired) electrons. The van der Waals surface area contributed by atoms with Gasteiger partial charge >= 0.3 is 0 Å². The highest BCUT2D eigenvalue weighted by molar-refractivity contribution is 5.98. The van der Waals surface area contributed by atoms with E-state index in [4.69, 9.17) is 4.74 Å². The minimum atomic E-state index is -0.181. The minimum Gasteiger partial charge on any atom is -0.362 e. The molecule has 1 heterocycles. The van der Waals surface area contributed by atoms with Gasteiger partial charge in [0.2, 0.25) is 0 Å². The monoisotopic (exact) mass is 311 g/mol. The molecule has 0 aromatic rings. The van der Waals surface area contributed by atoms with Crippen LogP contribution in [-0.2, 0) is 14.3 Å². The van der Waals surface area contributed by atoms with Crippen molar-refractivity contribution in [2.75, 3.05) is 19.8 Å². The van der Waals surface area contributed by atoms with Crippen LogP contribution in [0.25, 0.3) is 0 Å². The van der Waals surface area contributed by atoms with E-state index in [1.54, 1.807) is 0 Å². The maximum absolute atomic E-state index is 11.5. The van der Waals surface area contributed by atoms with Crippen LogP contribution in [-0.4, -0.2) is 36.5 Å². The summed E-state index contributed by atoms with van der Waals surface area (Å²) in [5, 5.41) is 0. The lowest BCUT2D eigenvalue weighted by atomic mass is 10.1. The van der Waals surface area contributed by atoms with Crippen molar-refractivity contribution in [1.29, 1.82) is 0 Å². The Morgan fingerprint density at radius 2 is 1.14 bits per heavy atom. The fraction of sp³-hybridized carbons (Fsp3) is 0.889. The second-order valence-corrected chi connectivity index (χ2v) is 6.32. The summed E-state index contributed by atoms with van der Waals surface area (Å²) in [6.07, 6.45) is 15.5. The SMILES string of the molecule is CCCCCCCCCCCCCCN1C(=O)COCC1=O. The lowest BCUT2D eigenvalue weighted by Gasteiger charge is -2.24. The molecule has 128 valence electrons. The van der Waals surface area contributed by atoms with Crippen molar-refractivity contribution in [3.63, 3.8) is 0 Å². The second kappa shape index (κ2) is 12.6. The Kier molecular flexibility index (Phi) is 11.0. The first-order valence-corrected chi connectivity index (χ1v) is 9.16. The van der Waals surface area contributed by atoms with Crippen LogP contribution in [0.2, 0.25) is 0 Å². The second-order valence-electron chi connectivity index (χ2n) is 6.32. The van der Waals surface area contributed by atoms with Gasteiger partial charge in [-0.1, -0.05) is 77.6 Å². The number of unbranched alkanes of at least 4 members (excludes halogenated alkanes) is 11. The van der Waals surface area contributed by atoms with Gasteiger partial charge in [-0.05, 0) is 6.42 Å². The quantitative estimate of drug-likeness (QED) is 0.380. The summed E-state index contributed by atoms with van der Waals surface area (Å²) in [6.45, 7) is 2.94. The zero-order valence-electron chi connectivity index (χ0n) is 14.3. The van der Waals surface area contributed by atoms with Crippen molar-refractivity contribution in [3.05, 3.63) is 0 Å². The van der Waals surface area contributed by atoms with Crippen molar-refractivity contribution < 1.29 is 14.3 Å². The molecule has 1 rings (SSSR count). The van der Waals surface area contributed by atoms with E-state index >= 15 is 0 Å². The standard InChI is InChI=1S/C18H33NO3/c1-2-3-4-5-6-7-8-9-10-11-12-13-14-19-17(20)15-22-16-18(19)21/h2-16H2,1H3. The number of amides is 2. The average molecular weight is 311 g/mol. The molecule has 0 atom stereocenters. The smallest absolute Gasteiger partial charge is 0.255 e. The van der Waals surface area contributed by atoms with Gasteiger partial charge in [-0.15, -0.1) is 0 Å². The van der Waals surface area contributed by atoms with Crippen molar-refractivity contribution in [1.82, 2.24) is 4.90 Å². The van der Waals surface area contributed by atoms with Gasteiger partial charge in [0.05, 0.1) is 0 Å². The third-order valence-corrected chi connectivity index (χ3v) is 4.29. The number of rotatable bonds is 13. The highest BCUT2D eigenvalue weighted by Gasteiger charge is 2.25. The molecule has 2 amide bonds. The van der Waals surface area contributed by atoms with Crippen LogP contribution >= 0.6 is 0 Å². The third-order valence-electron chi connectivity index (χ3n) is 4.29. The number of carbonyl (C=O) groups excluding carboxylic acids is 2. The van der Waals surface area contributed by atoms with Gasteiger partial charge in [0.25, 0.3) is 11.8 Å². The summed E-state index contributed by atoms with van der Waals surface area (Å²) >= 11 is 0. The van der Waals surface area contributed by atoms with Crippen LogP contribution in [0.5, 0.6) is 0 Å². The summed E-state index contributed by atoms with van der Waals surface area (Å²) in [4.78, 5) is 24.4. The molecule has 4 nitrogen and oxygen atoms in total. The van der Waals surface area contributed by atoms with E-state index in [0.717, 1.165) is 12.8 Å². The third kappa shape index (κ3) is 8.52. The molecule has 0 aromatic heterocycles. The molecule has 0 unspecified atom stereocenters. The molecule has 0 aromatic carbocycles. The van der Waals surface area contributed by atoms with Crippen molar-refractivity contribution in [2.24, 2.45) is 0 Å². The van der Waals surface area contributed by atoms with Crippen LogP contribution in [0.4, 0.5) is 0 Å². The fourth-order valence-electron chi connectivity index (χ4n) is 2.88. The largest absolute Gasteiger partial charge is 0.362 e. The predicted octanol–water partition coefficient (Wildman–Crippen LogP) is 4.07. The molecule has 0 N–H and O–H groups in total. The molecule has 1 aliphatic heterocycles. The summed E-state index contributed by atoms with van der Waals surface area (Å²) in [5.41, 5.74) is 0. The number of morpholine rings is 1. The number of hydrogen-bond donors (Lipinski definition) is 0. The van der Waals surface area contributed by atoms with Gasteiger partial charge in [-0.2, -0.15) is 0 Å². The number of nitrogens with zero attached hydrogens (tertiary/aromatic N) is 1. The Labute approximate surface area is 135 Å². The number of ether oxygens (including phenoxy) is 1. The summed E-state index contributed by atoms with van der Waals surface area (Å²) in [7, 11) is 0. The highest BCUT2D eigenvalue weighted by Crippen LogP contribution is 2.12. The van der Waals surface area contributed by atoms with E-state index in [9.17, 15) is 9.59 Å². The summed E-state index contributed by atoms with van der Waals surface area (Å²) in [6, 6.07) is 0. The number of hydrogen-bond acceptors (Lipinski definition) is 3. The van der Waals surface area contributed by atoms with Crippen LogP contribution in [0.15, 0.2) is 0 Å². The Morgan fingerprint density at radius 1 is 0.727 bits per heavy atom. The van der Waals surface area contributed by atoms with Gasteiger partial charge in [-0.3, -0.25) is 14.5 Å². The predicted molar refractivity (Wildman–Crippen MR) is 88.6 cm³/mol. The average Bonchev–Trinajstić information content (AvgIpc) is 2.51. The van der Waals surface area contributed by atoms with E-state index in [1.165, 1.54) is 69.1 Å². The maximum atomic E-state index is 11.5. The van der Waals surface area contributed by atoms with E-state index in [1.807, 2.05) is 0 Å². The fourth-order valence-corrected chi connectivity index (χ4v) is 2.88. The number of carbonyl (C=O) groups is 2. The molecule has 4 heteroatoms. The van der Waals surface area contributed by atoms with Gasteiger partial charge in [0.1, 0.15) is 13.2 Å². The molecule has 0 bridgehead atoms. The topological polar surface area (TPSA) is 46.6 Å². The zero-order chi connectivity index (χ0) is 16.0. The molecule has 1 aliphatic rings. The summed E-state index contributed by atoms with van der Waals surface area (Å²) < 4.78 is 4.90. The minimum absolute atomic E-state index is 0.0595. The Bertz CT molecular complexity index is 301. The van der Waals surface area contributed by atoms with Gasteiger partial charge in [0, 0.05) is 6.54 Å². The van der Waals surface area contributed by atoms with Gasteiger partial charge < -0.3 is 4.74 Å². The van der Waals surface area contributed by atoms with Crippen molar-refractivity contribution in [3.8, 4) is 0 Å². The molecule has 0 spiro atoms. The van der Waals surface area contributed by atoms with E-state index in [0.29, 0.717) is 6.54 Å². The maximum Gasteiger partial charge on any atom is 0.255 e. The van der Waals surface area contributed by atoms with Gasteiger partial charge in [-0.25, -0.2) is 0 Å². The molecule has 1 fully saturated rings.